The van der Waals surface area contributed by atoms with Crippen molar-refractivity contribution in [3.05, 3.63) is 35.9 Å². The largest absolute Gasteiger partial charge is 0.284 e. The summed E-state index contributed by atoms with van der Waals surface area (Å²) in [5.74, 6) is 0. The molecular formula is C24H42N2. The molecule has 0 amide bonds. The number of rotatable bonds is 13. The minimum absolute atomic E-state index is 0.573. The zero-order valence-electron chi connectivity index (χ0n) is 17.6. The van der Waals surface area contributed by atoms with Crippen molar-refractivity contribution in [2.24, 2.45) is 0 Å². The third-order valence-corrected chi connectivity index (χ3v) is 6.07. The Balaban J connectivity index is 1.56. The Labute approximate surface area is 163 Å². The minimum Gasteiger partial charge on any atom is -0.284 e. The van der Waals surface area contributed by atoms with Crippen LogP contribution in [0.15, 0.2) is 30.3 Å². The van der Waals surface area contributed by atoms with Crippen LogP contribution < -0.4 is 0 Å². The van der Waals surface area contributed by atoms with Crippen molar-refractivity contribution in [1.82, 2.24) is 9.80 Å². The van der Waals surface area contributed by atoms with Gasteiger partial charge in [-0.2, -0.15) is 0 Å². The number of nitrogens with zero attached hydrogens (tertiary/aromatic N) is 2. The molecule has 1 fully saturated rings. The van der Waals surface area contributed by atoms with Crippen molar-refractivity contribution < 1.29 is 0 Å². The van der Waals surface area contributed by atoms with Crippen molar-refractivity contribution >= 4 is 0 Å². The predicted octanol–water partition coefficient (Wildman–Crippen LogP) is 6.46. The van der Waals surface area contributed by atoms with Crippen LogP contribution in [0.3, 0.4) is 0 Å². The number of benzene rings is 1. The molecule has 1 aliphatic heterocycles. The zero-order valence-corrected chi connectivity index (χ0v) is 17.6. The van der Waals surface area contributed by atoms with Crippen molar-refractivity contribution in [1.29, 1.82) is 0 Å². The van der Waals surface area contributed by atoms with Crippen molar-refractivity contribution in [2.45, 2.75) is 104 Å². The van der Waals surface area contributed by atoms with E-state index in [1.165, 1.54) is 82.9 Å². The summed E-state index contributed by atoms with van der Waals surface area (Å²) in [5, 5.41) is 0. The second kappa shape index (κ2) is 12.5. The summed E-state index contributed by atoms with van der Waals surface area (Å²) in [6, 6.07) is 11.6. The summed E-state index contributed by atoms with van der Waals surface area (Å²) < 4.78 is 0. The molecule has 2 rings (SSSR count). The quantitative estimate of drug-likeness (QED) is 0.373. The number of hydrogen-bond donors (Lipinski definition) is 0. The highest BCUT2D eigenvalue weighted by Crippen LogP contribution is 2.23. The molecule has 1 heterocycles. The molecule has 1 saturated heterocycles. The molecule has 0 spiro atoms. The minimum atomic E-state index is 0.573. The van der Waals surface area contributed by atoms with Crippen molar-refractivity contribution in [2.75, 3.05) is 13.1 Å². The fraction of sp³-hybridized carbons (Fsp3) is 0.750. The van der Waals surface area contributed by atoms with Gasteiger partial charge >= 0.3 is 0 Å². The third kappa shape index (κ3) is 7.40. The fourth-order valence-electron chi connectivity index (χ4n) is 4.38. The van der Waals surface area contributed by atoms with Crippen LogP contribution in [0.1, 0.15) is 90.5 Å². The summed E-state index contributed by atoms with van der Waals surface area (Å²) in [6.07, 6.45) is 14.8. The second-order valence-corrected chi connectivity index (χ2v) is 8.32. The van der Waals surface area contributed by atoms with E-state index in [1.807, 2.05) is 0 Å². The lowest BCUT2D eigenvalue weighted by Gasteiger charge is -2.28. The first-order valence-corrected chi connectivity index (χ1v) is 11.3. The van der Waals surface area contributed by atoms with E-state index in [0.29, 0.717) is 12.2 Å². The van der Waals surface area contributed by atoms with Crippen LogP contribution >= 0.6 is 0 Å². The highest BCUT2D eigenvalue weighted by molar-refractivity contribution is 5.14. The monoisotopic (exact) mass is 358 g/mol. The first-order chi connectivity index (χ1) is 12.7. The highest BCUT2D eigenvalue weighted by atomic mass is 15.4. The van der Waals surface area contributed by atoms with Crippen LogP contribution in [0.5, 0.6) is 0 Å². The molecule has 2 unspecified atom stereocenters. The Morgan fingerprint density at radius 1 is 0.808 bits per heavy atom. The van der Waals surface area contributed by atoms with E-state index < -0.39 is 0 Å². The molecule has 0 aliphatic carbocycles. The first-order valence-electron chi connectivity index (χ1n) is 11.3. The molecule has 1 aromatic carbocycles. The maximum Gasteiger partial charge on any atom is 0.0599 e. The van der Waals surface area contributed by atoms with Gasteiger partial charge < -0.3 is 0 Å². The average Bonchev–Trinajstić information content (AvgIpc) is 2.91. The standard InChI is InChI=1S/C24H42N2/c1-4-5-6-7-8-9-10-11-12-16-19-26-22(2)20-25(23(26)3)21-24-17-14-13-15-18-24/h13-15,17-18,22-23H,4-12,16,19-21H2,1-3H3. The Morgan fingerprint density at radius 2 is 1.38 bits per heavy atom. The van der Waals surface area contributed by atoms with Crippen molar-refractivity contribution in [3.8, 4) is 0 Å². The van der Waals surface area contributed by atoms with E-state index in [0.717, 1.165) is 6.54 Å². The van der Waals surface area contributed by atoms with Gasteiger partial charge in [-0.25, -0.2) is 0 Å². The molecular weight excluding hydrogens is 316 g/mol. The molecule has 0 N–H and O–H groups in total. The fourth-order valence-corrected chi connectivity index (χ4v) is 4.38. The molecule has 2 nitrogen and oxygen atoms in total. The lowest BCUT2D eigenvalue weighted by molar-refractivity contribution is 0.132. The van der Waals surface area contributed by atoms with Crippen LogP contribution in [-0.4, -0.2) is 35.1 Å². The average molecular weight is 359 g/mol. The third-order valence-electron chi connectivity index (χ3n) is 6.07. The zero-order chi connectivity index (χ0) is 18.6. The Kier molecular flexibility index (Phi) is 10.3. The molecule has 148 valence electrons. The van der Waals surface area contributed by atoms with Gasteiger partial charge in [0.1, 0.15) is 0 Å². The van der Waals surface area contributed by atoms with Crippen LogP contribution in [0.25, 0.3) is 0 Å². The van der Waals surface area contributed by atoms with E-state index in [2.05, 4.69) is 60.9 Å². The molecule has 1 aromatic rings. The van der Waals surface area contributed by atoms with Crippen LogP contribution in [0.2, 0.25) is 0 Å². The molecule has 0 aromatic heterocycles. The van der Waals surface area contributed by atoms with E-state index in [9.17, 15) is 0 Å². The van der Waals surface area contributed by atoms with Crippen LogP contribution in [0.4, 0.5) is 0 Å². The highest BCUT2D eigenvalue weighted by Gasteiger charge is 2.33. The lowest BCUT2D eigenvalue weighted by Crippen LogP contribution is -2.38. The Bertz CT molecular complexity index is 459. The second-order valence-electron chi connectivity index (χ2n) is 8.32. The van der Waals surface area contributed by atoms with E-state index in [4.69, 9.17) is 0 Å². The molecule has 0 bridgehead atoms. The van der Waals surface area contributed by atoms with Gasteiger partial charge in [-0.15, -0.1) is 0 Å². The Hall–Kier alpha value is -0.860. The summed E-state index contributed by atoms with van der Waals surface area (Å²) in [7, 11) is 0. The maximum atomic E-state index is 2.72. The maximum absolute atomic E-state index is 2.72. The summed E-state index contributed by atoms with van der Waals surface area (Å²) >= 11 is 0. The van der Waals surface area contributed by atoms with Gasteiger partial charge in [0.05, 0.1) is 6.17 Å². The summed E-state index contributed by atoms with van der Waals surface area (Å²) in [6.45, 7) is 10.6. The summed E-state index contributed by atoms with van der Waals surface area (Å²) in [5.41, 5.74) is 1.44. The van der Waals surface area contributed by atoms with E-state index in [1.54, 1.807) is 0 Å². The van der Waals surface area contributed by atoms with Gasteiger partial charge in [0, 0.05) is 19.1 Å². The molecule has 26 heavy (non-hydrogen) atoms. The first kappa shape index (κ1) is 21.4. The normalized spacial score (nSPS) is 21.5. The molecule has 1 aliphatic rings. The van der Waals surface area contributed by atoms with Gasteiger partial charge in [-0.05, 0) is 32.4 Å². The predicted molar refractivity (Wildman–Crippen MR) is 114 cm³/mol. The number of hydrogen-bond acceptors (Lipinski definition) is 2. The topological polar surface area (TPSA) is 6.48 Å². The van der Waals surface area contributed by atoms with Gasteiger partial charge in [0.2, 0.25) is 0 Å². The van der Waals surface area contributed by atoms with Gasteiger partial charge in [0.25, 0.3) is 0 Å². The Morgan fingerprint density at radius 3 is 2.00 bits per heavy atom. The smallest absolute Gasteiger partial charge is 0.0599 e. The van der Waals surface area contributed by atoms with Crippen LogP contribution in [0, 0.1) is 0 Å². The lowest BCUT2D eigenvalue weighted by atomic mass is 10.1. The van der Waals surface area contributed by atoms with Crippen molar-refractivity contribution in [3.63, 3.8) is 0 Å². The van der Waals surface area contributed by atoms with E-state index in [-0.39, 0.29) is 0 Å². The molecule has 2 atom stereocenters. The SMILES string of the molecule is CCCCCCCCCCCCN1C(C)CN(Cc2ccccc2)C1C. The van der Waals surface area contributed by atoms with Gasteiger partial charge in [-0.3, -0.25) is 9.80 Å². The summed E-state index contributed by atoms with van der Waals surface area (Å²) in [4.78, 5) is 5.35. The molecule has 2 heteroatoms. The van der Waals surface area contributed by atoms with Crippen LogP contribution in [-0.2, 0) is 6.54 Å². The number of unbranched alkanes of at least 4 members (excludes halogenated alkanes) is 9. The molecule has 0 saturated carbocycles. The molecule has 0 radical (unpaired) electrons. The van der Waals surface area contributed by atoms with Gasteiger partial charge in [-0.1, -0.05) is 95.0 Å². The van der Waals surface area contributed by atoms with E-state index >= 15 is 0 Å². The van der Waals surface area contributed by atoms with Gasteiger partial charge in [0.15, 0.2) is 0 Å².